The molecule has 0 fully saturated rings. The average molecular weight is 212 g/mol. The summed E-state index contributed by atoms with van der Waals surface area (Å²) in [6.07, 6.45) is 3.70. The van der Waals surface area contributed by atoms with Crippen LogP contribution in [0, 0.1) is 6.92 Å². The van der Waals surface area contributed by atoms with E-state index in [-0.39, 0.29) is 0 Å². The Hall–Kier alpha value is -0.880. The van der Waals surface area contributed by atoms with Crippen LogP contribution >= 0.6 is 23.1 Å². The predicted octanol–water partition coefficient (Wildman–Crippen LogP) is 1.79. The van der Waals surface area contributed by atoms with E-state index in [0.29, 0.717) is 0 Å². The molecular formula is C7H8N4S2. The molecule has 0 spiro atoms. The molecule has 0 aliphatic heterocycles. The third-order valence-corrected chi connectivity index (χ3v) is 3.35. The SMILES string of the molecule is Cc1nnc(SCn2cccn2)s1. The lowest BCUT2D eigenvalue weighted by Gasteiger charge is -1.95. The van der Waals surface area contributed by atoms with Crippen molar-refractivity contribution in [1.82, 2.24) is 20.0 Å². The molecule has 0 unspecified atom stereocenters. The summed E-state index contributed by atoms with van der Waals surface area (Å²) in [4.78, 5) is 0. The fourth-order valence-electron chi connectivity index (χ4n) is 0.835. The van der Waals surface area contributed by atoms with Gasteiger partial charge >= 0.3 is 0 Å². The maximum atomic E-state index is 4.09. The lowest BCUT2D eigenvalue weighted by atomic mass is 10.8. The monoisotopic (exact) mass is 212 g/mol. The van der Waals surface area contributed by atoms with Gasteiger partial charge in [-0.05, 0) is 13.0 Å². The van der Waals surface area contributed by atoms with Crippen LogP contribution in [0.15, 0.2) is 22.8 Å². The molecule has 0 aliphatic rings. The standard InChI is InChI=1S/C7H8N4S2/c1-6-9-10-7(13-6)12-5-11-4-2-3-8-11/h2-4H,5H2,1H3. The van der Waals surface area contributed by atoms with Crippen molar-refractivity contribution in [3.63, 3.8) is 0 Å². The molecule has 4 nitrogen and oxygen atoms in total. The number of aromatic nitrogens is 4. The van der Waals surface area contributed by atoms with Crippen LogP contribution in [-0.4, -0.2) is 20.0 Å². The number of thioether (sulfide) groups is 1. The van der Waals surface area contributed by atoms with Crippen molar-refractivity contribution in [3.8, 4) is 0 Å². The summed E-state index contributed by atoms with van der Waals surface area (Å²) in [6, 6.07) is 1.91. The molecule has 2 heterocycles. The quantitative estimate of drug-likeness (QED) is 0.728. The normalized spacial score (nSPS) is 10.5. The Bertz CT molecular complexity index is 368. The minimum Gasteiger partial charge on any atom is -0.262 e. The molecule has 6 heteroatoms. The molecule has 0 amide bonds. The lowest BCUT2D eigenvalue weighted by Crippen LogP contribution is -1.93. The largest absolute Gasteiger partial charge is 0.262 e. The van der Waals surface area contributed by atoms with E-state index in [1.165, 1.54) is 0 Å². The summed E-state index contributed by atoms with van der Waals surface area (Å²) in [5, 5.41) is 13.0. The summed E-state index contributed by atoms with van der Waals surface area (Å²) in [5.41, 5.74) is 0. The summed E-state index contributed by atoms with van der Waals surface area (Å²) in [7, 11) is 0. The summed E-state index contributed by atoms with van der Waals surface area (Å²) < 4.78 is 2.86. The first-order chi connectivity index (χ1) is 6.34. The molecule has 0 bridgehead atoms. The van der Waals surface area contributed by atoms with Gasteiger partial charge in [-0.1, -0.05) is 23.1 Å². The Labute approximate surface area is 84.0 Å². The topological polar surface area (TPSA) is 43.6 Å². The molecule has 0 saturated carbocycles. The molecule has 0 aromatic carbocycles. The zero-order valence-electron chi connectivity index (χ0n) is 7.04. The van der Waals surface area contributed by atoms with Crippen molar-refractivity contribution < 1.29 is 0 Å². The molecule has 2 aromatic rings. The van der Waals surface area contributed by atoms with E-state index in [1.807, 2.05) is 23.9 Å². The van der Waals surface area contributed by atoms with Gasteiger partial charge in [0.15, 0.2) is 4.34 Å². The third-order valence-electron chi connectivity index (χ3n) is 1.39. The van der Waals surface area contributed by atoms with Gasteiger partial charge < -0.3 is 0 Å². The number of rotatable bonds is 3. The Morgan fingerprint density at radius 3 is 3.08 bits per heavy atom. The Kier molecular flexibility index (Phi) is 2.60. The molecule has 0 atom stereocenters. The van der Waals surface area contributed by atoms with E-state index >= 15 is 0 Å². The number of hydrogen-bond donors (Lipinski definition) is 0. The van der Waals surface area contributed by atoms with Crippen LogP contribution in [0.25, 0.3) is 0 Å². The maximum Gasteiger partial charge on any atom is 0.176 e. The van der Waals surface area contributed by atoms with Crippen LogP contribution < -0.4 is 0 Å². The van der Waals surface area contributed by atoms with Gasteiger partial charge in [-0.3, -0.25) is 4.68 Å². The van der Waals surface area contributed by atoms with Crippen LogP contribution in [0.5, 0.6) is 0 Å². The Balaban J connectivity index is 1.93. The fraction of sp³-hybridized carbons (Fsp3) is 0.286. The smallest absolute Gasteiger partial charge is 0.176 e. The van der Waals surface area contributed by atoms with E-state index in [2.05, 4.69) is 15.3 Å². The summed E-state index contributed by atoms with van der Waals surface area (Å²) in [5.74, 6) is 0.793. The van der Waals surface area contributed by atoms with Crippen molar-refractivity contribution in [2.45, 2.75) is 17.1 Å². The molecule has 0 saturated heterocycles. The van der Waals surface area contributed by atoms with Gasteiger partial charge in [-0.15, -0.1) is 10.2 Å². The number of nitrogens with zero attached hydrogens (tertiary/aromatic N) is 4. The highest BCUT2D eigenvalue weighted by Gasteiger charge is 2.00. The second-order valence-corrected chi connectivity index (χ2v) is 4.78. The molecule has 2 aromatic heterocycles. The van der Waals surface area contributed by atoms with E-state index in [1.54, 1.807) is 29.3 Å². The van der Waals surface area contributed by atoms with Crippen molar-refractivity contribution in [2.75, 3.05) is 0 Å². The Morgan fingerprint density at radius 1 is 1.54 bits per heavy atom. The van der Waals surface area contributed by atoms with Crippen LogP contribution in [0.2, 0.25) is 0 Å². The van der Waals surface area contributed by atoms with Crippen molar-refractivity contribution >= 4 is 23.1 Å². The van der Waals surface area contributed by atoms with Crippen molar-refractivity contribution in [1.29, 1.82) is 0 Å². The van der Waals surface area contributed by atoms with Crippen molar-refractivity contribution in [2.24, 2.45) is 0 Å². The molecule has 13 heavy (non-hydrogen) atoms. The van der Waals surface area contributed by atoms with E-state index in [0.717, 1.165) is 15.2 Å². The molecule has 0 N–H and O–H groups in total. The van der Waals surface area contributed by atoms with Gasteiger partial charge in [0.25, 0.3) is 0 Å². The van der Waals surface area contributed by atoms with Gasteiger partial charge in [-0.25, -0.2) is 0 Å². The summed E-state index contributed by atoms with van der Waals surface area (Å²) >= 11 is 3.25. The highest BCUT2D eigenvalue weighted by atomic mass is 32.2. The maximum absolute atomic E-state index is 4.09. The van der Waals surface area contributed by atoms with Crippen LogP contribution in [0.3, 0.4) is 0 Å². The van der Waals surface area contributed by atoms with E-state index < -0.39 is 0 Å². The van der Waals surface area contributed by atoms with Crippen LogP contribution in [0.1, 0.15) is 5.01 Å². The van der Waals surface area contributed by atoms with Crippen LogP contribution in [0.4, 0.5) is 0 Å². The molecule has 68 valence electrons. The zero-order chi connectivity index (χ0) is 9.10. The van der Waals surface area contributed by atoms with E-state index in [9.17, 15) is 0 Å². The molecular weight excluding hydrogens is 204 g/mol. The molecule has 2 rings (SSSR count). The van der Waals surface area contributed by atoms with Gasteiger partial charge in [-0.2, -0.15) is 5.10 Å². The van der Waals surface area contributed by atoms with Gasteiger partial charge in [0.2, 0.25) is 0 Å². The second kappa shape index (κ2) is 3.89. The first kappa shape index (κ1) is 8.71. The van der Waals surface area contributed by atoms with Gasteiger partial charge in [0, 0.05) is 12.4 Å². The Morgan fingerprint density at radius 2 is 2.46 bits per heavy atom. The average Bonchev–Trinajstić information content (AvgIpc) is 2.71. The minimum absolute atomic E-state index is 0.793. The fourth-order valence-corrected chi connectivity index (χ4v) is 2.50. The zero-order valence-corrected chi connectivity index (χ0v) is 8.68. The first-order valence-electron chi connectivity index (χ1n) is 3.75. The third kappa shape index (κ3) is 2.28. The highest BCUT2D eigenvalue weighted by Crippen LogP contribution is 2.22. The van der Waals surface area contributed by atoms with Gasteiger partial charge in [0.05, 0.1) is 5.88 Å². The lowest BCUT2D eigenvalue weighted by molar-refractivity contribution is 0.750. The molecule has 0 aliphatic carbocycles. The summed E-state index contributed by atoms with van der Waals surface area (Å²) in [6.45, 7) is 1.95. The number of hydrogen-bond acceptors (Lipinski definition) is 5. The van der Waals surface area contributed by atoms with Crippen molar-refractivity contribution in [3.05, 3.63) is 23.5 Å². The number of aryl methyl sites for hydroxylation is 1. The van der Waals surface area contributed by atoms with Crippen LogP contribution in [-0.2, 0) is 5.88 Å². The van der Waals surface area contributed by atoms with E-state index in [4.69, 9.17) is 0 Å². The molecule has 0 radical (unpaired) electrons. The first-order valence-corrected chi connectivity index (χ1v) is 5.55. The van der Waals surface area contributed by atoms with Gasteiger partial charge in [0.1, 0.15) is 5.01 Å². The highest BCUT2D eigenvalue weighted by molar-refractivity contribution is 8.00. The predicted molar refractivity (Wildman–Crippen MR) is 52.7 cm³/mol. The second-order valence-electron chi connectivity index (χ2n) is 2.41. The minimum atomic E-state index is 0.793.